The maximum Gasteiger partial charge on any atom is 0.303 e. The summed E-state index contributed by atoms with van der Waals surface area (Å²) in [6.07, 6.45) is 4.28. The Labute approximate surface area is 92.7 Å². The fourth-order valence-electron chi connectivity index (χ4n) is 0.744. The van der Waals surface area contributed by atoms with Crippen molar-refractivity contribution in [3.05, 3.63) is 12.4 Å². The van der Waals surface area contributed by atoms with E-state index in [4.69, 9.17) is 10.2 Å². The molecular weight excluding hydrogens is 214 g/mol. The zero-order valence-electron chi connectivity index (χ0n) is 9.04. The third kappa shape index (κ3) is 8.67. The van der Waals surface area contributed by atoms with Gasteiger partial charge in [0, 0.05) is 25.6 Å². The van der Waals surface area contributed by atoms with Crippen LogP contribution in [0, 0.1) is 0 Å². The lowest BCUT2D eigenvalue weighted by molar-refractivity contribution is -0.137. The van der Waals surface area contributed by atoms with Gasteiger partial charge in [0.15, 0.2) is 0 Å². The van der Waals surface area contributed by atoms with Crippen LogP contribution in [0.2, 0.25) is 0 Å². The van der Waals surface area contributed by atoms with Crippen LogP contribution in [0.5, 0.6) is 0 Å². The molecule has 7 nitrogen and oxygen atoms in total. The van der Waals surface area contributed by atoms with Gasteiger partial charge in [-0.25, -0.2) is 0 Å². The van der Waals surface area contributed by atoms with E-state index in [0.717, 1.165) is 0 Å². The summed E-state index contributed by atoms with van der Waals surface area (Å²) < 4.78 is 1.61. The van der Waals surface area contributed by atoms with Crippen LogP contribution >= 0.6 is 0 Å². The van der Waals surface area contributed by atoms with E-state index in [-0.39, 0.29) is 12.8 Å². The molecule has 0 bridgehead atoms. The van der Waals surface area contributed by atoms with Gasteiger partial charge in [0.1, 0.15) is 0 Å². The van der Waals surface area contributed by atoms with Gasteiger partial charge in [-0.3, -0.25) is 14.3 Å². The molecule has 0 fully saturated rings. The van der Waals surface area contributed by atoms with E-state index in [1.54, 1.807) is 24.0 Å². The van der Waals surface area contributed by atoms with Gasteiger partial charge in [-0.2, -0.15) is 0 Å². The SMILES string of the molecule is CCC(=O)O.O=C(O)CCCn1ccnn1. The van der Waals surface area contributed by atoms with Gasteiger partial charge in [0.05, 0.1) is 6.20 Å². The van der Waals surface area contributed by atoms with Crippen molar-refractivity contribution in [1.29, 1.82) is 0 Å². The molecule has 16 heavy (non-hydrogen) atoms. The van der Waals surface area contributed by atoms with Crippen molar-refractivity contribution in [3.8, 4) is 0 Å². The lowest BCUT2D eigenvalue weighted by Crippen LogP contribution is -2.02. The molecule has 0 unspecified atom stereocenters. The molecule has 1 aromatic heterocycles. The van der Waals surface area contributed by atoms with Crippen LogP contribution in [-0.2, 0) is 16.1 Å². The molecule has 2 N–H and O–H groups in total. The van der Waals surface area contributed by atoms with Crippen molar-refractivity contribution in [3.63, 3.8) is 0 Å². The van der Waals surface area contributed by atoms with Gasteiger partial charge >= 0.3 is 11.9 Å². The molecule has 1 heterocycles. The number of carbonyl (C=O) groups is 2. The van der Waals surface area contributed by atoms with Crippen molar-refractivity contribution in [2.24, 2.45) is 0 Å². The highest BCUT2D eigenvalue weighted by atomic mass is 16.4. The summed E-state index contributed by atoms with van der Waals surface area (Å²) in [5, 5.41) is 23.3. The van der Waals surface area contributed by atoms with Crippen LogP contribution in [0.3, 0.4) is 0 Å². The Hall–Kier alpha value is -1.92. The molecule has 0 atom stereocenters. The molecular formula is C9H15N3O4. The third-order valence-electron chi connectivity index (χ3n) is 1.55. The summed E-state index contributed by atoms with van der Waals surface area (Å²) in [6, 6.07) is 0. The number of nitrogens with zero attached hydrogens (tertiary/aromatic N) is 3. The summed E-state index contributed by atoms with van der Waals surface area (Å²) in [7, 11) is 0. The van der Waals surface area contributed by atoms with Crippen LogP contribution in [-0.4, -0.2) is 37.1 Å². The van der Waals surface area contributed by atoms with Gasteiger partial charge in [-0.15, -0.1) is 5.10 Å². The van der Waals surface area contributed by atoms with Crippen LogP contribution in [0.4, 0.5) is 0 Å². The number of carboxylic acids is 2. The molecule has 0 aromatic carbocycles. The van der Waals surface area contributed by atoms with Crippen LogP contribution in [0.1, 0.15) is 26.2 Å². The van der Waals surface area contributed by atoms with Crippen LogP contribution < -0.4 is 0 Å². The summed E-state index contributed by atoms with van der Waals surface area (Å²) >= 11 is 0. The summed E-state index contributed by atoms with van der Waals surface area (Å²) in [6.45, 7) is 2.22. The Morgan fingerprint density at radius 3 is 2.31 bits per heavy atom. The monoisotopic (exact) mass is 229 g/mol. The highest BCUT2D eigenvalue weighted by molar-refractivity contribution is 5.66. The fourth-order valence-corrected chi connectivity index (χ4v) is 0.744. The first-order valence-corrected chi connectivity index (χ1v) is 4.84. The standard InChI is InChI=1S/C6H9N3O2.C3H6O2/c10-6(11)2-1-4-9-5-3-7-8-9;1-2-3(4)5/h3,5H,1-2,4H2,(H,10,11);2H2,1H3,(H,4,5). The van der Waals surface area contributed by atoms with Gasteiger partial charge in [-0.05, 0) is 6.42 Å². The molecule has 1 aromatic rings. The van der Waals surface area contributed by atoms with E-state index in [1.165, 1.54) is 0 Å². The number of rotatable bonds is 5. The maximum atomic E-state index is 10.1. The predicted molar refractivity (Wildman–Crippen MR) is 54.8 cm³/mol. The van der Waals surface area contributed by atoms with Crippen LogP contribution in [0.15, 0.2) is 12.4 Å². The minimum atomic E-state index is -0.773. The molecule has 7 heteroatoms. The van der Waals surface area contributed by atoms with E-state index in [2.05, 4.69) is 10.3 Å². The molecule has 0 spiro atoms. The molecule has 1 rings (SSSR count). The molecule has 0 saturated carbocycles. The highest BCUT2D eigenvalue weighted by Gasteiger charge is 1.96. The molecule has 90 valence electrons. The normalized spacial score (nSPS) is 9.06. The lowest BCUT2D eigenvalue weighted by atomic mass is 10.3. The fraction of sp³-hybridized carbons (Fsp3) is 0.556. The number of carboxylic acid groups (broad SMARTS) is 2. The average Bonchev–Trinajstić information content (AvgIpc) is 2.71. The molecule has 0 radical (unpaired) electrons. The quantitative estimate of drug-likeness (QED) is 0.766. The van der Waals surface area contributed by atoms with Gasteiger partial charge in [0.2, 0.25) is 0 Å². The topological polar surface area (TPSA) is 105 Å². The maximum absolute atomic E-state index is 10.1. The van der Waals surface area contributed by atoms with E-state index < -0.39 is 11.9 Å². The second-order valence-corrected chi connectivity index (χ2v) is 2.91. The minimum Gasteiger partial charge on any atom is -0.481 e. The smallest absolute Gasteiger partial charge is 0.303 e. The molecule has 0 saturated heterocycles. The summed E-state index contributed by atoms with van der Waals surface area (Å²) in [5.74, 6) is -1.52. The van der Waals surface area contributed by atoms with E-state index >= 15 is 0 Å². The average molecular weight is 229 g/mol. The van der Waals surface area contributed by atoms with Crippen molar-refractivity contribution < 1.29 is 19.8 Å². The minimum absolute atomic E-state index is 0.180. The van der Waals surface area contributed by atoms with Crippen molar-refractivity contribution in [2.45, 2.75) is 32.7 Å². The van der Waals surface area contributed by atoms with Gasteiger partial charge in [-0.1, -0.05) is 12.1 Å². The predicted octanol–water partition coefficient (Wildman–Crippen LogP) is 0.624. The highest BCUT2D eigenvalue weighted by Crippen LogP contribution is 1.92. The second-order valence-electron chi connectivity index (χ2n) is 2.91. The van der Waals surface area contributed by atoms with Gasteiger partial charge < -0.3 is 10.2 Å². The van der Waals surface area contributed by atoms with Crippen molar-refractivity contribution in [2.75, 3.05) is 0 Å². The number of hydrogen-bond donors (Lipinski definition) is 2. The molecule has 0 aliphatic carbocycles. The van der Waals surface area contributed by atoms with Gasteiger partial charge in [0.25, 0.3) is 0 Å². The Balaban J connectivity index is 0.000000385. The Morgan fingerprint density at radius 2 is 1.94 bits per heavy atom. The first kappa shape index (κ1) is 14.1. The second kappa shape index (κ2) is 8.39. The molecule has 0 aliphatic heterocycles. The van der Waals surface area contributed by atoms with Crippen molar-refractivity contribution >= 4 is 11.9 Å². The zero-order chi connectivity index (χ0) is 12.4. The third-order valence-corrected chi connectivity index (χ3v) is 1.55. The molecule has 0 amide bonds. The number of hydrogen-bond acceptors (Lipinski definition) is 4. The summed E-state index contributed by atoms with van der Waals surface area (Å²) in [4.78, 5) is 19.5. The largest absolute Gasteiger partial charge is 0.481 e. The van der Waals surface area contributed by atoms with Crippen molar-refractivity contribution in [1.82, 2.24) is 15.0 Å². The van der Waals surface area contributed by atoms with E-state index in [9.17, 15) is 9.59 Å². The number of aromatic nitrogens is 3. The Bertz CT molecular complexity index is 311. The number of aliphatic carboxylic acids is 2. The number of aryl methyl sites for hydroxylation is 1. The summed E-state index contributed by atoms with van der Waals surface area (Å²) in [5.41, 5.74) is 0. The first-order chi connectivity index (χ1) is 7.56. The molecule has 0 aliphatic rings. The van der Waals surface area contributed by atoms with E-state index in [1.807, 2.05) is 0 Å². The van der Waals surface area contributed by atoms with Crippen LogP contribution in [0.25, 0.3) is 0 Å². The zero-order valence-corrected chi connectivity index (χ0v) is 9.04. The van der Waals surface area contributed by atoms with E-state index in [0.29, 0.717) is 13.0 Å². The Kier molecular flexibility index (Phi) is 7.39. The lowest BCUT2D eigenvalue weighted by Gasteiger charge is -1.95. The Morgan fingerprint density at radius 1 is 1.31 bits per heavy atom. The first-order valence-electron chi connectivity index (χ1n) is 4.84.